The fourth-order valence-electron chi connectivity index (χ4n) is 2.26. The number of rotatable bonds is 5. The van der Waals surface area contributed by atoms with Crippen LogP contribution in [-0.2, 0) is 6.54 Å². The van der Waals surface area contributed by atoms with Crippen molar-refractivity contribution in [3.05, 3.63) is 47.6 Å². The van der Waals surface area contributed by atoms with Crippen LogP contribution in [-0.4, -0.2) is 39.5 Å². The van der Waals surface area contributed by atoms with Gasteiger partial charge in [0.15, 0.2) is 5.15 Å². The lowest BCUT2D eigenvalue weighted by atomic mass is 10.0. The summed E-state index contributed by atoms with van der Waals surface area (Å²) in [6.45, 7) is 3.70. The summed E-state index contributed by atoms with van der Waals surface area (Å²) in [5.41, 5.74) is 1.29. The van der Waals surface area contributed by atoms with Crippen LogP contribution in [0.2, 0.25) is 5.15 Å². The van der Waals surface area contributed by atoms with Crippen LogP contribution in [0.4, 0.5) is 0 Å². The number of aromatic nitrogens is 3. The van der Waals surface area contributed by atoms with Crippen molar-refractivity contribution in [2.45, 2.75) is 6.54 Å². The average molecular weight is 291 g/mol. The second kappa shape index (κ2) is 6.15. The topological polar surface area (TPSA) is 51.1 Å². The Hall–Kier alpha value is -1.72. The minimum absolute atomic E-state index is 0.357. The van der Waals surface area contributed by atoms with Gasteiger partial charge >= 0.3 is 0 Å². The summed E-state index contributed by atoms with van der Waals surface area (Å²) in [5, 5.41) is 0.357. The Balaban J connectivity index is 1.40. The van der Waals surface area contributed by atoms with Crippen molar-refractivity contribution >= 4 is 11.6 Å². The van der Waals surface area contributed by atoms with E-state index in [-0.39, 0.29) is 0 Å². The van der Waals surface area contributed by atoms with Gasteiger partial charge < -0.3 is 4.74 Å². The zero-order valence-corrected chi connectivity index (χ0v) is 11.7. The zero-order valence-electron chi connectivity index (χ0n) is 10.9. The summed E-state index contributed by atoms with van der Waals surface area (Å²) in [5.74, 6) is 1.03. The van der Waals surface area contributed by atoms with Crippen molar-refractivity contribution in [3.63, 3.8) is 0 Å². The van der Waals surface area contributed by atoms with Gasteiger partial charge in [-0.15, -0.1) is 0 Å². The highest BCUT2D eigenvalue weighted by molar-refractivity contribution is 6.29. The normalized spacial score (nSPS) is 15.8. The Morgan fingerprint density at radius 1 is 1.20 bits per heavy atom. The second-order valence-corrected chi connectivity index (χ2v) is 5.29. The molecule has 0 aliphatic carbocycles. The van der Waals surface area contributed by atoms with E-state index in [1.807, 2.05) is 24.5 Å². The molecule has 3 rings (SSSR count). The number of hydrogen-bond acceptors (Lipinski definition) is 5. The molecule has 0 unspecified atom stereocenters. The van der Waals surface area contributed by atoms with Crippen LogP contribution in [0, 0.1) is 5.92 Å². The van der Waals surface area contributed by atoms with Crippen molar-refractivity contribution < 1.29 is 4.74 Å². The molecule has 1 aliphatic heterocycles. The van der Waals surface area contributed by atoms with Crippen molar-refractivity contribution in [2.24, 2.45) is 5.92 Å². The highest BCUT2D eigenvalue weighted by Crippen LogP contribution is 2.19. The number of likely N-dealkylation sites (tertiary alicyclic amines) is 1. The van der Waals surface area contributed by atoms with Crippen LogP contribution in [0.25, 0.3) is 0 Å². The Labute approximate surface area is 122 Å². The maximum Gasteiger partial charge on any atom is 0.233 e. The molecule has 1 saturated heterocycles. The molecule has 2 aromatic heterocycles. The SMILES string of the molecule is Clc1cncc(OCC2CN(Cc3ccncc3)C2)n1. The van der Waals surface area contributed by atoms with Gasteiger partial charge in [0.05, 0.1) is 19.0 Å². The first-order valence-corrected chi connectivity index (χ1v) is 6.89. The standard InChI is InChI=1S/C14H15ClN4O/c15-13-5-17-6-14(18-13)20-10-12-8-19(9-12)7-11-1-3-16-4-2-11/h1-6,12H,7-10H2. The molecular formula is C14H15ClN4O. The molecule has 5 nitrogen and oxygen atoms in total. The van der Waals surface area contributed by atoms with E-state index < -0.39 is 0 Å². The smallest absolute Gasteiger partial charge is 0.233 e. The molecule has 0 amide bonds. The summed E-state index contributed by atoms with van der Waals surface area (Å²) in [4.78, 5) is 14.4. The number of pyridine rings is 1. The first kappa shape index (κ1) is 13.3. The van der Waals surface area contributed by atoms with E-state index in [1.54, 1.807) is 6.20 Å². The largest absolute Gasteiger partial charge is 0.476 e. The Morgan fingerprint density at radius 2 is 2.00 bits per heavy atom. The molecule has 0 aromatic carbocycles. The van der Waals surface area contributed by atoms with Crippen molar-refractivity contribution in [1.29, 1.82) is 0 Å². The first-order valence-electron chi connectivity index (χ1n) is 6.51. The third kappa shape index (κ3) is 3.43. The van der Waals surface area contributed by atoms with E-state index in [0.717, 1.165) is 19.6 Å². The van der Waals surface area contributed by atoms with Gasteiger partial charge in [0.1, 0.15) is 0 Å². The number of halogens is 1. The fraction of sp³-hybridized carbons (Fsp3) is 0.357. The molecule has 104 valence electrons. The van der Waals surface area contributed by atoms with Crippen molar-refractivity contribution in [2.75, 3.05) is 19.7 Å². The molecule has 1 aliphatic rings. The van der Waals surface area contributed by atoms with Crippen LogP contribution in [0.1, 0.15) is 5.56 Å². The summed E-state index contributed by atoms with van der Waals surface area (Å²) < 4.78 is 5.59. The van der Waals surface area contributed by atoms with Crippen molar-refractivity contribution in [1.82, 2.24) is 19.9 Å². The Morgan fingerprint density at radius 3 is 2.75 bits per heavy atom. The molecule has 6 heteroatoms. The molecule has 1 fully saturated rings. The predicted octanol–water partition coefficient (Wildman–Crippen LogP) is 2.04. The van der Waals surface area contributed by atoms with E-state index in [0.29, 0.717) is 23.6 Å². The average Bonchev–Trinajstić information content (AvgIpc) is 2.42. The molecule has 0 saturated carbocycles. The minimum atomic E-state index is 0.357. The maximum absolute atomic E-state index is 5.75. The van der Waals surface area contributed by atoms with Crippen LogP contribution < -0.4 is 4.74 Å². The molecule has 2 aromatic rings. The van der Waals surface area contributed by atoms with Crippen molar-refractivity contribution in [3.8, 4) is 5.88 Å². The number of hydrogen-bond donors (Lipinski definition) is 0. The number of nitrogens with zero attached hydrogens (tertiary/aromatic N) is 4. The van der Waals surface area contributed by atoms with E-state index in [1.165, 1.54) is 11.8 Å². The van der Waals surface area contributed by atoms with Crippen LogP contribution in [0.3, 0.4) is 0 Å². The van der Waals surface area contributed by atoms with Gasteiger partial charge in [-0.3, -0.25) is 14.9 Å². The van der Waals surface area contributed by atoms with Gasteiger partial charge in [0.2, 0.25) is 5.88 Å². The maximum atomic E-state index is 5.75. The first-order chi connectivity index (χ1) is 9.79. The van der Waals surface area contributed by atoms with Gasteiger partial charge in [0.25, 0.3) is 0 Å². The highest BCUT2D eigenvalue weighted by atomic mass is 35.5. The lowest BCUT2D eigenvalue weighted by Gasteiger charge is -2.38. The van der Waals surface area contributed by atoms with Gasteiger partial charge in [-0.05, 0) is 17.7 Å². The molecule has 0 atom stereocenters. The second-order valence-electron chi connectivity index (χ2n) is 4.91. The van der Waals surface area contributed by atoms with Crippen LogP contribution in [0.5, 0.6) is 5.88 Å². The van der Waals surface area contributed by atoms with E-state index in [4.69, 9.17) is 16.3 Å². The monoisotopic (exact) mass is 290 g/mol. The summed E-state index contributed by atoms with van der Waals surface area (Å²) in [7, 11) is 0. The quantitative estimate of drug-likeness (QED) is 0.843. The molecule has 0 spiro atoms. The van der Waals surface area contributed by atoms with Crippen LogP contribution in [0.15, 0.2) is 36.9 Å². The third-order valence-electron chi connectivity index (χ3n) is 3.24. The Bertz CT molecular complexity index is 560. The highest BCUT2D eigenvalue weighted by Gasteiger charge is 2.27. The van der Waals surface area contributed by atoms with E-state index in [2.05, 4.69) is 19.9 Å². The molecular weight excluding hydrogens is 276 g/mol. The fourth-order valence-corrected chi connectivity index (χ4v) is 2.40. The third-order valence-corrected chi connectivity index (χ3v) is 3.42. The summed E-state index contributed by atoms with van der Waals surface area (Å²) in [6.07, 6.45) is 6.73. The zero-order chi connectivity index (χ0) is 13.8. The number of ether oxygens (including phenoxy) is 1. The predicted molar refractivity (Wildman–Crippen MR) is 75.5 cm³/mol. The molecule has 3 heterocycles. The van der Waals surface area contributed by atoms with Crippen LogP contribution >= 0.6 is 11.6 Å². The van der Waals surface area contributed by atoms with Gasteiger partial charge in [-0.1, -0.05) is 11.6 Å². The van der Waals surface area contributed by atoms with Gasteiger partial charge in [-0.2, -0.15) is 4.98 Å². The molecule has 0 bridgehead atoms. The van der Waals surface area contributed by atoms with E-state index in [9.17, 15) is 0 Å². The molecule has 0 radical (unpaired) electrons. The lowest BCUT2D eigenvalue weighted by Crippen LogP contribution is -2.48. The minimum Gasteiger partial charge on any atom is -0.476 e. The molecule has 20 heavy (non-hydrogen) atoms. The van der Waals surface area contributed by atoms with Gasteiger partial charge in [-0.25, -0.2) is 0 Å². The molecule has 0 N–H and O–H groups in total. The lowest BCUT2D eigenvalue weighted by molar-refractivity contribution is 0.0542. The summed E-state index contributed by atoms with van der Waals surface area (Å²) >= 11 is 5.75. The Kier molecular flexibility index (Phi) is 4.08. The van der Waals surface area contributed by atoms with E-state index >= 15 is 0 Å². The van der Waals surface area contributed by atoms with Gasteiger partial charge in [0, 0.05) is 37.9 Å². The summed E-state index contributed by atoms with van der Waals surface area (Å²) in [6, 6.07) is 4.09.